The van der Waals surface area contributed by atoms with Crippen LogP contribution in [0.3, 0.4) is 0 Å². The van der Waals surface area contributed by atoms with E-state index in [0.717, 1.165) is 5.56 Å². The monoisotopic (exact) mass is 719 g/mol. The van der Waals surface area contributed by atoms with E-state index >= 15 is 4.39 Å². The van der Waals surface area contributed by atoms with Crippen LogP contribution < -0.4 is 13.6 Å². The summed E-state index contributed by atoms with van der Waals surface area (Å²) in [6.45, 7) is 6.21. The van der Waals surface area contributed by atoms with Gasteiger partial charge in [-0.25, -0.2) is 4.39 Å². The number of hydrogen-bond acceptors (Lipinski definition) is 4. The number of anilines is 1. The van der Waals surface area contributed by atoms with Crippen LogP contribution in [0.25, 0.3) is 11.1 Å². The maximum atomic E-state index is 16.2. The lowest BCUT2D eigenvalue weighted by atomic mass is 9.57. The molecule has 0 aliphatic heterocycles. The van der Waals surface area contributed by atoms with Gasteiger partial charge in [0.05, 0.1) is 52.2 Å². The Morgan fingerprint density at radius 2 is 1.90 bits per heavy atom. The van der Waals surface area contributed by atoms with Gasteiger partial charge in [-0.3, -0.25) is 13.1 Å². The largest absolute Gasteiger partial charge is 0.495 e. The molecule has 0 unspecified atom stereocenters. The molecule has 2 aliphatic carbocycles. The second kappa shape index (κ2) is 11.3. The molecule has 2 amide bonds. The number of amides is 2. The lowest BCUT2D eigenvalue weighted by Gasteiger charge is -2.43. The summed E-state index contributed by atoms with van der Waals surface area (Å²) in [5.74, 6) is -2.75. The van der Waals surface area contributed by atoms with Crippen LogP contribution in [-0.4, -0.2) is 18.9 Å². The second-order valence-electron chi connectivity index (χ2n) is 12.1. The van der Waals surface area contributed by atoms with E-state index in [-0.39, 0.29) is 33.7 Å². The summed E-state index contributed by atoms with van der Waals surface area (Å²) < 4.78 is 24.2. The van der Waals surface area contributed by atoms with E-state index in [1.54, 1.807) is 59.3 Å². The molecular formula is C32H29Cl2FIN3O3. The quantitative estimate of drug-likeness (QED) is 0.205. The van der Waals surface area contributed by atoms with Crippen molar-refractivity contribution in [1.29, 1.82) is 5.26 Å². The van der Waals surface area contributed by atoms with Crippen LogP contribution in [0.2, 0.25) is 10.0 Å². The maximum absolute atomic E-state index is 16.2. The van der Waals surface area contributed by atoms with E-state index < -0.39 is 23.1 Å². The smallest absolute Gasteiger partial charge is 0.260 e. The molecule has 0 aromatic heterocycles. The number of methoxy groups -OCH3 is 1. The van der Waals surface area contributed by atoms with Gasteiger partial charge in [-0.15, -0.1) is 0 Å². The zero-order chi connectivity index (χ0) is 30.6. The Balaban J connectivity index is 1.70. The topological polar surface area (TPSA) is 91.2 Å². The van der Waals surface area contributed by atoms with Crippen molar-refractivity contribution in [1.82, 2.24) is 3.53 Å². The fourth-order valence-electron chi connectivity index (χ4n) is 6.94. The fourth-order valence-corrected chi connectivity index (χ4v) is 7.70. The van der Waals surface area contributed by atoms with Crippen LogP contribution in [0.15, 0.2) is 48.5 Å². The van der Waals surface area contributed by atoms with Gasteiger partial charge in [-0.1, -0.05) is 62.2 Å². The molecule has 0 saturated heterocycles. The van der Waals surface area contributed by atoms with E-state index in [0.29, 0.717) is 46.0 Å². The Hall–Kier alpha value is -2.87. The highest BCUT2D eigenvalue weighted by molar-refractivity contribution is 14.1. The molecule has 2 N–H and O–H groups in total. The molecule has 4 atom stereocenters. The van der Waals surface area contributed by atoms with Crippen molar-refractivity contribution in [3.63, 3.8) is 0 Å². The molecule has 0 bridgehead atoms. The Labute approximate surface area is 268 Å². The molecule has 218 valence electrons. The van der Waals surface area contributed by atoms with Crippen molar-refractivity contribution in [2.45, 2.75) is 44.9 Å². The molecule has 0 heterocycles. The number of carbonyl (C=O) groups excluding carboxylic acids is 2. The zero-order valence-electron chi connectivity index (χ0n) is 23.4. The summed E-state index contributed by atoms with van der Waals surface area (Å²) in [5.41, 5.74) is 1.24. The standard InChI is InChI=1S/C32H29Cl2FIN3O3/c1-31(2,3)14-17-13-20(30(41)38-23-11-8-16(29(40)39-36)12-24(23)42-4)26-18-6-5-7-21(33)25(18)19-9-10-22(34)28(35)27(19)32(17,26)15-37/h5-12,17,20,26H,13-14H2,1-4H3,(H,38,41)(H,39,40)/t17-,20+,26-,32-/m0/s1. The van der Waals surface area contributed by atoms with Crippen molar-refractivity contribution in [3.8, 4) is 22.9 Å². The summed E-state index contributed by atoms with van der Waals surface area (Å²) in [4.78, 5) is 26.4. The van der Waals surface area contributed by atoms with Gasteiger partial charge in [-0.05, 0) is 65.6 Å². The lowest BCUT2D eigenvalue weighted by molar-refractivity contribution is -0.120. The first-order valence-corrected chi connectivity index (χ1v) is 15.3. The molecule has 1 saturated carbocycles. The van der Waals surface area contributed by atoms with Crippen molar-refractivity contribution in [2.75, 3.05) is 12.4 Å². The molecule has 3 aromatic carbocycles. The number of nitrogens with one attached hydrogen (secondary N) is 2. The highest BCUT2D eigenvalue weighted by Gasteiger charge is 2.63. The summed E-state index contributed by atoms with van der Waals surface area (Å²) in [6.07, 6.45) is 0.919. The van der Waals surface area contributed by atoms with E-state index in [4.69, 9.17) is 27.9 Å². The molecule has 1 fully saturated rings. The van der Waals surface area contributed by atoms with Gasteiger partial charge in [0, 0.05) is 33.5 Å². The normalized spacial score (nSPS) is 22.3. The highest BCUT2D eigenvalue weighted by atomic mass is 127. The van der Waals surface area contributed by atoms with E-state index in [1.165, 1.54) is 13.2 Å². The maximum Gasteiger partial charge on any atom is 0.260 e. The third-order valence-electron chi connectivity index (χ3n) is 8.42. The number of nitriles is 1. The number of fused-ring (bicyclic) bond motifs is 6. The van der Waals surface area contributed by atoms with E-state index in [2.05, 4.69) is 35.7 Å². The predicted molar refractivity (Wildman–Crippen MR) is 171 cm³/mol. The van der Waals surface area contributed by atoms with Crippen LogP contribution in [0, 0.1) is 34.4 Å². The van der Waals surface area contributed by atoms with Gasteiger partial charge in [0.2, 0.25) is 5.91 Å². The number of carbonyl (C=O) groups is 2. The zero-order valence-corrected chi connectivity index (χ0v) is 27.1. The third-order valence-corrected chi connectivity index (χ3v) is 9.52. The fraction of sp³-hybridized carbons (Fsp3) is 0.344. The van der Waals surface area contributed by atoms with E-state index in [1.807, 2.05) is 6.07 Å². The molecule has 0 spiro atoms. The summed E-state index contributed by atoms with van der Waals surface area (Å²) in [7, 11) is 1.45. The highest BCUT2D eigenvalue weighted by Crippen LogP contribution is 2.66. The Bertz CT molecular complexity index is 1650. The minimum atomic E-state index is -1.37. The molecular weight excluding hydrogens is 691 g/mol. The van der Waals surface area contributed by atoms with Gasteiger partial charge < -0.3 is 10.1 Å². The predicted octanol–water partition coefficient (Wildman–Crippen LogP) is 8.46. The van der Waals surface area contributed by atoms with Crippen molar-refractivity contribution in [2.24, 2.45) is 17.3 Å². The van der Waals surface area contributed by atoms with Gasteiger partial charge in [0.1, 0.15) is 11.6 Å². The molecule has 10 heteroatoms. The van der Waals surface area contributed by atoms with Crippen LogP contribution in [-0.2, 0) is 10.2 Å². The molecule has 0 radical (unpaired) electrons. The second-order valence-corrected chi connectivity index (χ2v) is 13.4. The summed E-state index contributed by atoms with van der Waals surface area (Å²) in [5, 5.41) is 14.4. The number of nitrogens with zero attached hydrogens (tertiary/aromatic N) is 1. The number of ether oxygens (including phenoxy) is 1. The summed E-state index contributed by atoms with van der Waals surface area (Å²) >= 11 is 14.8. The Morgan fingerprint density at radius 3 is 2.55 bits per heavy atom. The first-order valence-electron chi connectivity index (χ1n) is 13.5. The minimum Gasteiger partial charge on any atom is -0.495 e. The molecule has 2 aliphatic rings. The van der Waals surface area contributed by atoms with Gasteiger partial charge in [-0.2, -0.15) is 5.26 Å². The van der Waals surface area contributed by atoms with Gasteiger partial charge in [0.25, 0.3) is 5.91 Å². The molecule has 3 aromatic rings. The van der Waals surface area contributed by atoms with Gasteiger partial charge >= 0.3 is 0 Å². The van der Waals surface area contributed by atoms with Crippen molar-refractivity contribution < 1.29 is 18.7 Å². The molecule has 6 nitrogen and oxygen atoms in total. The van der Waals surface area contributed by atoms with Crippen LogP contribution in [0.4, 0.5) is 10.1 Å². The first-order chi connectivity index (χ1) is 19.9. The van der Waals surface area contributed by atoms with Crippen LogP contribution in [0.5, 0.6) is 5.75 Å². The van der Waals surface area contributed by atoms with E-state index in [9.17, 15) is 14.9 Å². The number of rotatable bonds is 5. The average Bonchev–Trinajstić information content (AvgIpc) is 3.28. The SMILES string of the molecule is COc1cc(C(=O)NI)ccc1NC(=O)[C@@H]1C[C@@H](CC(C)(C)C)[C@]2(C#N)c3c(ccc(Cl)c3F)-c3c(Cl)cccc3[C@@H]12. The number of hydrogen-bond donors (Lipinski definition) is 2. The Kier molecular flexibility index (Phi) is 8.25. The molecule has 42 heavy (non-hydrogen) atoms. The number of halogens is 4. The third kappa shape index (κ3) is 4.93. The number of benzene rings is 3. The van der Waals surface area contributed by atoms with Gasteiger partial charge in [0.15, 0.2) is 0 Å². The van der Waals surface area contributed by atoms with Crippen LogP contribution in [0.1, 0.15) is 61.0 Å². The van der Waals surface area contributed by atoms with Crippen molar-refractivity contribution >= 4 is 63.6 Å². The Morgan fingerprint density at radius 1 is 1.17 bits per heavy atom. The van der Waals surface area contributed by atoms with Crippen LogP contribution >= 0.6 is 46.1 Å². The molecule has 5 rings (SSSR count). The minimum absolute atomic E-state index is 0.0830. The first kappa shape index (κ1) is 30.6. The van der Waals surface area contributed by atoms with Crippen molar-refractivity contribution in [3.05, 3.63) is 81.1 Å². The summed E-state index contributed by atoms with van der Waals surface area (Å²) in [6, 6.07) is 15.9. The average molecular weight is 720 g/mol. The lowest BCUT2D eigenvalue weighted by Crippen LogP contribution is -2.42.